The lowest BCUT2D eigenvalue weighted by molar-refractivity contribution is -0.119. The van der Waals surface area contributed by atoms with Crippen LogP contribution in [0.25, 0.3) is 0 Å². The fourth-order valence-corrected chi connectivity index (χ4v) is 2.91. The zero-order chi connectivity index (χ0) is 15.6. The van der Waals surface area contributed by atoms with Crippen LogP contribution in [0.15, 0.2) is 42.0 Å². The molecular formula is C18H25NO2. The topological polar surface area (TPSA) is 40.5 Å². The van der Waals surface area contributed by atoms with E-state index in [1.165, 1.54) is 5.56 Å². The minimum Gasteiger partial charge on any atom is -0.391 e. The Morgan fingerprint density at radius 1 is 1.29 bits per heavy atom. The number of aliphatic hydroxyl groups excluding tert-OH is 1. The van der Waals surface area contributed by atoms with Crippen LogP contribution < -0.4 is 0 Å². The largest absolute Gasteiger partial charge is 0.391 e. The van der Waals surface area contributed by atoms with Crippen molar-refractivity contribution in [3.8, 4) is 0 Å². The molecule has 0 spiro atoms. The Bertz CT molecular complexity index is 533. The van der Waals surface area contributed by atoms with Gasteiger partial charge < -0.3 is 5.11 Å². The highest BCUT2D eigenvalue weighted by atomic mass is 16.3. The number of hydrogen-bond donors (Lipinski definition) is 1. The van der Waals surface area contributed by atoms with Crippen molar-refractivity contribution >= 4 is 5.78 Å². The summed E-state index contributed by atoms with van der Waals surface area (Å²) in [6.45, 7) is 6.52. The third-order valence-electron chi connectivity index (χ3n) is 4.38. The van der Waals surface area contributed by atoms with Gasteiger partial charge in [-0.05, 0) is 30.5 Å². The molecule has 1 aliphatic carbocycles. The quantitative estimate of drug-likeness (QED) is 0.929. The highest BCUT2D eigenvalue weighted by molar-refractivity contribution is 5.95. The van der Waals surface area contributed by atoms with E-state index in [9.17, 15) is 9.90 Å². The van der Waals surface area contributed by atoms with E-state index in [4.69, 9.17) is 0 Å². The molecule has 2 unspecified atom stereocenters. The van der Waals surface area contributed by atoms with Crippen LogP contribution in [0.4, 0.5) is 0 Å². The molecule has 3 heteroatoms. The summed E-state index contributed by atoms with van der Waals surface area (Å²) in [5.41, 5.74) is 1.54. The van der Waals surface area contributed by atoms with Crippen LogP contribution in [-0.2, 0) is 11.3 Å². The lowest BCUT2D eigenvalue weighted by atomic mass is 9.79. The maximum atomic E-state index is 12.1. The number of Topliss-reactive ketones (excluding diaryl/α,β-unsaturated/α-hetero) is 1. The molecule has 3 nitrogen and oxygen atoms in total. The van der Waals surface area contributed by atoms with E-state index in [2.05, 4.69) is 17.0 Å². The predicted octanol–water partition coefficient (Wildman–Crippen LogP) is 2.79. The smallest absolute Gasteiger partial charge is 0.158 e. The highest BCUT2D eigenvalue weighted by Crippen LogP contribution is 2.34. The molecule has 0 radical (unpaired) electrons. The third kappa shape index (κ3) is 3.60. The second-order valence-corrected chi connectivity index (χ2v) is 6.77. The van der Waals surface area contributed by atoms with Crippen LogP contribution in [0.1, 0.15) is 32.8 Å². The van der Waals surface area contributed by atoms with Crippen molar-refractivity contribution in [2.45, 2.75) is 45.9 Å². The predicted molar refractivity (Wildman–Crippen MR) is 84.9 cm³/mol. The number of likely N-dealkylation sites (N-methyl/N-ethyl adjacent to an activating group) is 1. The van der Waals surface area contributed by atoms with Crippen molar-refractivity contribution in [2.24, 2.45) is 5.41 Å². The first-order valence-electron chi connectivity index (χ1n) is 7.45. The normalized spacial score (nSPS) is 25.6. The molecule has 21 heavy (non-hydrogen) atoms. The summed E-state index contributed by atoms with van der Waals surface area (Å²) in [5.74, 6) is 0.134. The third-order valence-corrected chi connectivity index (χ3v) is 4.38. The number of carbonyl (C=O) groups excluding carboxylic acids is 1. The standard InChI is InChI=1S/C18H25NO2/c1-13-10-15(17(21)18(2,3)11-16(13)20)19(4)12-14-8-6-5-7-9-14/h5-10,15,17,21H,11-12H2,1-4H3. The zero-order valence-corrected chi connectivity index (χ0v) is 13.3. The highest BCUT2D eigenvalue weighted by Gasteiger charge is 2.39. The molecule has 2 atom stereocenters. The number of nitrogens with zero attached hydrogens (tertiary/aromatic N) is 1. The van der Waals surface area contributed by atoms with Crippen molar-refractivity contribution < 1.29 is 9.90 Å². The lowest BCUT2D eigenvalue weighted by Gasteiger charge is -2.37. The fourth-order valence-electron chi connectivity index (χ4n) is 2.91. The van der Waals surface area contributed by atoms with Crippen molar-refractivity contribution in [1.82, 2.24) is 4.90 Å². The number of ketones is 1. The molecule has 1 aromatic rings. The molecule has 1 N–H and O–H groups in total. The molecule has 114 valence electrons. The van der Waals surface area contributed by atoms with Crippen molar-refractivity contribution in [2.75, 3.05) is 7.05 Å². The maximum Gasteiger partial charge on any atom is 0.158 e. The summed E-state index contributed by atoms with van der Waals surface area (Å²) in [5, 5.41) is 10.7. The summed E-state index contributed by atoms with van der Waals surface area (Å²) in [7, 11) is 2.00. The van der Waals surface area contributed by atoms with E-state index in [0.717, 1.165) is 12.1 Å². The molecule has 0 fully saturated rings. The molecule has 0 saturated carbocycles. The summed E-state index contributed by atoms with van der Waals surface area (Å²) in [6, 6.07) is 10.0. The Morgan fingerprint density at radius 3 is 2.52 bits per heavy atom. The van der Waals surface area contributed by atoms with Gasteiger partial charge in [0.05, 0.1) is 12.1 Å². The first kappa shape index (κ1) is 15.9. The molecule has 0 saturated heterocycles. The Morgan fingerprint density at radius 2 is 1.90 bits per heavy atom. The van der Waals surface area contributed by atoms with Gasteiger partial charge >= 0.3 is 0 Å². The summed E-state index contributed by atoms with van der Waals surface area (Å²) >= 11 is 0. The lowest BCUT2D eigenvalue weighted by Crippen LogP contribution is -2.46. The van der Waals surface area contributed by atoms with E-state index >= 15 is 0 Å². The summed E-state index contributed by atoms with van der Waals surface area (Å²) in [6.07, 6.45) is 1.75. The molecule has 0 amide bonds. The molecule has 0 aliphatic heterocycles. The van der Waals surface area contributed by atoms with Gasteiger partial charge in [0.2, 0.25) is 0 Å². The summed E-state index contributed by atoms with van der Waals surface area (Å²) in [4.78, 5) is 14.2. The second-order valence-electron chi connectivity index (χ2n) is 6.77. The minimum absolute atomic E-state index is 0.134. The Balaban J connectivity index is 2.24. The van der Waals surface area contributed by atoms with Gasteiger partial charge in [0.15, 0.2) is 5.78 Å². The van der Waals surface area contributed by atoms with Crippen molar-refractivity contribution in [1.29, 1.82) is 0 Å². The van der Waals surface area contributed by atoms with E-state index in [1.54, 1.807) is 0 Å². The van der Waals surface area contributed by atoms with Crippen LogP contribution >= 0.6 is 0 Å². The van der Waals surface area contributed by atoms with Gasteiger partial charge in [-0.1, -0.05) is 50.3 Å². The number of rotatable bonds is 3. The molecule has 2 rings (SSSR count). The molecular weight excluding hydrogens is 262 g/mol. The van der Waals surface area contributed by atoms with Gasteiger partial charge in [0, 0.05) is 13.0 Å². The molecule has 0 bridgehead atoms. The van der Waals surface area contributed by atoms with Crippen LogP contribution in [-0.4, -0.2) is 35.0 Å². The monoisotopic (exact) mass is 287 g/mol. The van der Waals surface area contributed by atoms with Gasteiger partial charge in [-0.25, -0.2) is 0 Å². The van der Waals surface area contributed by atoms with E-state index in [-0.39, 0.29) is 11.8 Å². The van der Waals surface area contributed by atoms with E-state index in [0.29, 0.717) is 6.42 Å². The minimum atomic E-state index is -0.562. The number of aliphatic hydroxyl groups is 1. The van der Waals surface area contributed by atoms with Gasteiger partial charge in [-0.15, -0.1) is 0 Å². The fraction of sp³-hybridized carbons (Fsp3) is 0.500. The Kier molecular flexibility index (Phi) is 4.64. The number of carbonyl (C=O) groups is 1. The first-order chi connectivity index (χ1) is 9.81. The SMILES string of the molecule is CC1=CC(N(C)Cc2ccccc2)C(O)C(C)(C)CC1=O. The molecule has 0 aromatic heterocycles. The Labute approximate surface area is 127 Å². The summed E-state index contributed by atoms with van der Waals surface area (Å²) < 4.78 is 0. The molecule has 0 heterocycles. The first-order valence-corrected chi connectivity index (χ1v) is 7.45. The van der Waals surface area contributed by atoms with Gasteiger partial charge in [-0.3, -0.25) is 9.69 Å². The van der Waals surface area contributed by atoms with E-state index < -0.39 is 11.5 Å². The van der Waals surface area contributed by atoms with Crippen LogP contribution in [0, 0.1) is 5.41 Å². The number of hydrogen-bond acceptors (Lipinski definition) is 3. The van der Waals surface area contributed by atoms with Gasteiger partial charge in [0.1, 0.15) is 0 Å². The van der Waals surface area contributed by atoms with Crippen LogP contribution in [0.3, 0.4) is 0 Å². The van der Waals surface area contributed by atoms with Gasteiger partial charge in [0.25, 0.3) is 0 Å². The number of benzene rings is 1. The van der Waals surface area contributed by atoms with E-state index in [1.807, 2.05) is 52.1 Å². The van der Waals surface area contributed by atoms with Crippen LogP contribution in [0.2, 0.25) is 0 Å². The Hall–Kier alpha value is -1.45. The molecule has 1 aliphatic rings. The van der Waals surface area contributed by atoms with Gasteiger partial charge in [-0.2, -0.15) is 0 Å². The van der Waals surface area contributed by atoms with Crippen molar-refractivity contribution in [3.63, 3.8) is 0 Å². The maximum absolute atomic E-state index is 12.1. The second kappa shape index (κ2) is 6.12. The van der Waals surface area contributed by atoms with Crippen LogP contribution in [0.5, 0.6) is 0 Å². The number of allylic oxidation sites excluding steroid dienone is 1. The average molecular weight is 287 g/mol. The average Bonchev–Trinajstić information content (AvgIpc) is 2.50. The van der Waals surface area contributed by atoms with Crippen molar-refractivity contribution in [3.05, 3.63) is 47.5 Å². The molecule has 1 aromatic carbocycles. The zero-order valence-electron chi connectivity index (χ0n) is 13.3.